The van der Waals surface area contributed by atoms with Gasteiger partial charge in [-0.15, -0.1) is 0 Å². The minimum absolute atomic E-state index is 0.000308. The lowest BCUT2D eigenvalue weighted by Gasteiger charge is -2.22. The minimum atomic E-state index is -1.14. The van der Waals surface area contributed by atoms with E-state index in [2.05, 4.69) is 5.32 Å². The molecule has 1 aromatic heterocycles. The Kier molecular flexibility index (Phi) is 4.49. The molecule has 3 amide bonds. The van der Waals surface area contributed by atoms with Crippen LogP contribution in [0.4, 0.5) is 4.79 Å². The fourth-order valence-corrected chi connectivity index (χ4v) is 3.72. The molecule has 3 aromatic rings. The lowest BCUT2D eigenvalue weighted by Crippen LogP contribution is -2.40. The van der Waals surface area contributed by atoms with Gasteiger partial charge in [0, 0.05) is 11.5 Å². The Labute approximate surface area is 168 Å². The molecule has 1 aliphatic rings. The van der Waals surface area contributed by atoms with Crippen molar-refractivity contribution in [3.8, 4) is 0 Å². The van der Waals surface area contributed by atoms with Crippen LogP contribution in [0.3, 0.4) is 0 Å². The molecule has 1 aliphatic heterocycles. The van der Waals surface area contributed by atoms with Crippen molar-refractivity contribution in [3.63, 3.8) is 0 Å². The third-order valence-electron chi connectivity index (χ3n) is 5.54. The Hall–Kier alpha value is -3.41. The number of hydrogen-bond donors (Lipinski definition) is 1. The van der Waals surface area contributed by atoms with Crippen LogP contribution in [0.25, 0.3) is 11.0 Å². The Balaban J connectivity index is 1.71. The van der Waals surface area contributed by atoms with Crippen LogP contribution in [0.15, 0.2) is 57.7 Å². The predicted molar refractivity (Wildman–Crippen MR) is 109 cm³/mol. The van der Waals surface area contributed by atoms with Gasteiger partial charge in [0.1, 0.15) is 11.1 Å². The van der Waals surface area contributed by atoms with Gasteiger partial charge in [-0.1, -0.05) is 48.9 Å². The van der Waals surface area contributed by atoms with E-state index in [-0.39, 0.29) is 12.5 Å². The van der Waals surface area contributed by atoms with Crippen molar-refractivity contribution in [2.24, 2.45) is 0 Å². The van der Waals surface area contributed by atoms with Gasteiger partial charge in [0.2, 0.25) is 0 Å². The van der Waals surface area contributed by atoms with E-state index < -0.39 is 17.2 Å². The summed E-state index contributed by atoms with van der Waals surface area (Å²) < 4.78 is 5.32. The highest BCUT2D eigenvalue weighted by molar-refractivity contribution is 6.07. The Morgan fingerprint density at radius 3 is 2.45 bits per heavy atom. The summed E-state index contributed by atoms with van der Waals surface area (Å²) in [5.74, 6) is -0.349. The molecule has 0 radical (unpaired) electrons. The van der Waals surface area contributed by atoms with Crippen LogP contribution in [0.1, 0.15) is 36.1 Å². The summed E-state index contributed by atoms with van der Waals surface area (Å²) in [7, 11) is 0. The van der Waals surface area contributed by atoms with Crippen molar-refractivity contribution in [2.45, 2.75) is 39.3 Å². The Bertz CT molecular complexity index is 1180. The number of carbonyl (C=O) groups excluding carboxylic acids is 2. The van der Waals surface area contributed by atoms with Gasteiger partial charge in [-0.25, -0.2) is 9.59 Å². The summed E-state index contributed by atoms with van der Waals surface area (Å²) in [5, 5.41) is 3.52. The lowest BCUT2D eigenvalue weighted by molar-refractivity contribution is -0.131. The Morgan fingerprint density at radius 1 is 1.03 bits per heavy atom. The Morgan fingerprint density at radius 2 is 1.76 bits per heavy atom. The summed E-state index contributed by atoms with van der Waals surface area (Å²) in [6.45, 7) is 5.67. The molecular weight excluding hydrogens is 368 g/mol. The highest BCUT2D eigenvalue weighted by atomic mass is 16.4. The smallest absolute Gasteiger partial charge is 0.336 e. The number of rotatable bonds is 4. The average Bonchev–Trinajstić information content (AvgIpc) is 2.91. The summed E-state index contributed by atoms with van der Waals surface area (Å²) >= 11 is 0. The first-order chi connectivity index (χ1) is 13.8. The molecule has 2 aromatic carbocycles. The fraction of sp³-hybridized carbons (Fsp3) is 0.261. The monoisotopic (exact) mass is 390 g/mol. The third-order valence-corrected chi connectivity index (χ3v) is 5.54. The maximum absolute atomic E-state index is 13.2. The van der Waals surface area contributed by atoms with Crippen LogP contribution >= 0.6 is 0 Å². The highest BCUT2D eigenvalue weighted by Gasteiger charge is 2.48. The van der Waals surface area contributed by atoms with Gasteiger partial charge in [-0.2, -0.15) is 0 Å². The van der Waals surface area contributed by atoms with E-state index in [9.17, 15) is 14.4 Å². The number of nitrogens with zero attached hydrogens (tertiary/aromatic N) is 1. The van der Waals surface area contributed by atoms with E-state index in [4.69, 9.17) is 4.42 Å². The molecule has 6 heteroatoms. The topological polar surface area (TPSA) is 79.6 Å². The van der Waals surface area contributed by atoms with Crippen LogP contribution in [0.2, 0.25) is 0 Å². The van der Waals surface area contributed by atoms with Crippen LogP contribution in [-0.4, -0.2) is 16.8 Å². The van der Waals surface area contributed by atoms with Gasteiger partial charge in [-0.05, 0) is 43.0 Å². The van der Waals surface area contributed by atoms with Gasteiger partial charge >= 0.3 is 11.7 Å². The highest BCUT2D eigenvalue weighted by Crippen LogP contribution is 2.31. The predicted octanol–water partition coefficient (Wildman–Crippen LogP) is 3.63. The number of urea groups is 1. The molecule has 1 atom stereocenters. The van der Waals surface area contributed by atoms with E-state index >= 15 is 0 Å². The number of hydrogen-bond acceptors (Lipinski definition) is 4. The van der Waals surface area contributed by atoms with E-state index in [1.54, 1.807) is 6.92 Å². The molecule has 0 spiro atoms. The largest absolute Gasteiger partial charge is 0.423 e. The quantitative estimate of drug-likeness (QED) is 0.545. The number of nitrogens with one attached hydrogen (secondary N) is 1. The minimum Gasteiger partial charge on any atom is -0.423 e. The van der Waals surface area contributed by atoms with Crippen molar-refractivity contribution in [2.75, 3.05) is 0 Å². The summed E-state index contributed by atoms with van der Waals surface area (Å²) in [6, 6.07) is 14.0. The van der Waals surface area contributed by atoms with E-state index in [1.807, 2.05) is 56.3 Å². The first kappa shape index (κ1) is 18.9. The fourth-order valence-electron chi connectivity index (χ4n) is 3.72. The molecule has 1 fully saturated rings. The standard InChI is InChI=1S/C23H22N2O4/c1-4-15-7-10-18-16(12-20(26)29-19(18)11-15)13-25-21(27)23(3,24-22(25)28)17-8-5-14(2)6-9-17/h5-12H,4,13H2,1-3H3,(H,24,28). The summed E-state index contributed by atoms with van der Waals surface area (Å²) in [6.07, 6.45) is 0.811. The maximum Gasteiger partial charge on any atom is 0.336 e. The van der Waals surface area contributed by atoms with Gasteiger partial charge in [0.25, 0.3) is 5.91 Å². The number of aryl methyl sites for hydroxylation is 2. The van der Waals surface area contributed by atoms with Crippen LogP contribution in [-0.2, 0) is 23.3 Å². The third kappa shape index (κ3) is 3.20. The van der Waals surface area contributed by atoms with Gasteiger partial charge in [0.05, 0.1) is 6.54 Å². The molecular formula is C23H22N2O4. The second-order valence-electron chi connectivity index (χ2n) is 7.59. The number of benzene rings is 2. The molecule has 0 bridgehead atoms. The van der Waals surface area contributed by atoms with E-state index in [1.165, 1.54) is 6.07 Å². The number of imide groups is 1. The SMILES string of the molecule is CCc1ccc2c(CN3C(=O)NC(C)(c4ccc(C)cc4)C3=O)cc(=O)oc2c1. The average molecular weight is 390 g/mol. The molecule has 29 heavy (non-hydrogen) atoms. The molecule has 148 valence electrons. The summed E-state index contributed by atoms with van der Waals surface area (Å²) in [5.41, 5.74) is 2.22. The van der Waals surface area contributed by atoms with Crippen molar-refractivity contribution < 1.29 is 14.0 Å². The first-order valence-corrected chi connectivity index (χ1v) is 9.59. The first-order valence-electron chi connectivity index (χ1n) is 9.59. The maximum atomic E-state index is 13.2. The van der Waals surface area contributed by atoms with Crippen LogP contribution in [0.5, 0.6) is 0 Å². The number of fused-ring (bicyclic) bond motifs is 1. The molecule has 2 heterocycles. The normalized spacial score (nSPS) is 19.1. The van der Waals surface area contributed by atoms with Gasteiger partial charge in [-0.3, -0.25) is 9.69 Å². The zero-order valence-electron chi connectivity index (χ0n) is 16.6. The van der Waals surface area contributed by atoms with Crippen molar-refractivity contribution in [3.05, 3.63) is 81.2 Å². The number of carbonyl (C=O) groups is 2. The van der Waals surface area contributed by atoms with Crippen LogP contribution < -0.4 is 10.9 Å². The van der Waals surface area contributed by atoms with E-state index in [0.717, 1.165) is 22.4 Å². The van der Waals surface area contributed by atoms with Crippen LogP contribution in [0, 0.1) is 6.92 Å². The molecule has 1 saturated heterocycles. The molecule has 1 unspecified atom stereocenters. The second kappa shape index (κ2) is 6.88. The van der Waals surface area contributed by atoms with Gasteiger partial charge < -0.3 is 9.73 Å². The molecule has 4 rings (SSSR count). The van der Waals surface area contributed by atoms with Crippen molar-refractivity contribution in [1.82, 2.24) is 10.2 Å². The van der Waals surface area contributed by atoms with Gasteiger partial charge in [0.15, 0.2) is 0 Å². The lowest BCUT2D eigenvalue weighted by atomic mass is 9.91. The molecule has 6 nitrogen and oxygen atoms in total. The molecule has 0 aliphatic carbocycles. The second-order valence-corrected chi connectivity index (χ2v) is 7.59. The van der Waals surface area contributed by atoms with E-state index in [0.29, 0.717) is 22.1 Å². The molecule has 0 saturated carbocycles. The van der Waals surface area contributed by atoms with Crippen molar-refractivity contribution in [1.29, 1.82) is 0 Å². The van der Waals surface area contributed by atoms with Crippen molar-refractivity contribution >= 4 is 22.9 Å². The summed E-state index contributed by atoms with van der Waals surface area (Å²) in [4.78, 5) is 39.1. The molecule has 1 N–H and O–H groups in total. The zero-order valence-corrected chi connectivity index (χ0v) is 16.6. The number of amides is 3. The zero-order chi connectivity index (χ0) is 20.8.